The molecule has 0 aliphatic heterocycles. The summed E-state index contributed by atoms with van der Waals surface area (Å²) < 4.78 is 0. The summed E-state index contributed by atoms with van der Waals surface area (Å²) in [5.41, 5.74) is 3.29. The van der Waals surface area contributed by atoms with Gasteiger partial charge in [-0.25, -0.2) is 4.98 Å². The highest BCUT2D eigenvalue weighted by atomic mass is 32.1. The smallest absolute Gasteiger partial charge is 0.226 e. The second kappa shape index (κ2) is 8.72. The van der Waals surface area contributed by atoms with E-state index in [4.69, 9.17) is 0 Å². The van der Waals surface area contributed by atoms with Gasteiger partial charge in [0.25, 0.3) is 0 Å². The number of phenols is 1. The van der Waals surface area contributed by atoms with Crippen LogP contribution in [0.25, 0.3) is 0 Å². The molecule has 3 aliphatic carbocycles. The third-order valence-electron chi connectivity index (χ3n) is 9.10. The Hall–Kier alpha value is -2.21. The Morgan fingerprint density at radius 2 is 2.06 bits per heavy atom. The van der Waals surface area contributed by atoms with Crippen LogP contribution < -0.4 is 5.32 Å². The molecule has 2 N–H and O–H groups in total. The summed E-state index contributed by atoms with van der Waals surface area (Å²) in [4.78, 5) is 31.3. The third kappa shape index (κ3) is 4.32. The number of aryl methyl sites for hydroxylation is 2. The van der Waals surface area contributed by atoms with Crippen molar-refractivity contribution in [3.05, 3.63) is 39.9 Å². The number of thiazole rings is 1. The second-order valence-electron chi connectivity index (χ2n) is 12.4. The number of aromatic nitrogens is 1. The molecular formula is C29H38N2O3S. The van der Waals surface area contributed by atoms with Gasteiger partial charge in [-0.05, 0) is 90.9 Å². The Balaban J connectivity index is 1.38. The predicted molar refractivity (Wildman–Crippen MR) is 140 cm³/mol. The number of nitrogens with one attached hydrogen (secondary N) is 1. The highest BCUT2D eigenvalue weighted by molar-refractivity contribution is 7.15. The van der Waals surface area contributed by atoms with E-state index in [0.717, 1.165) is 42.5 Å². The molecule has 5 nitrogen and oxygen atoms in total. The maximum Gasteiger partial charge on any atom is 0.226 e. The molecule has 5 unspecified atom stereocenters. The number of aromatic hydroxyl groups is 1. The van der Waals surface area contributed by atoms with Crippen molar-refractivity contribution in [3.63, 3.8) is 0 Å². The first kappa shape index (κ1) is 24.5. The van der Waals surface area contributed by atoms with Gasteiger partial charge in [0.1, 0.15) is 11.5 Å². The lowest BCUT2D eigenvalue weighted by molar-refractivity contribution is -0.129. The number of ketones is 1. The molecule has 2 aromatic rings. The fourth-order valence-corrected chi connectivity index (χ4v) is 8.12. The van der Waals surface area contributed by atoms with E-state index in [1.54, 1.807) is 6.20 Å². The number of Topliss-reactive ketones (excluding diaryl/α,β-unsaturated/α-hetero) is 1. The minimum absolute atomic E-state index is 0.00737. The number of benzene rings is 1. The van der Waals surface area contributed by atoms with Crippen LogP contribution in [0.1, 0.15) is 93.7 Å². The molecule has 2 fully saturated rings. The first-order valence-electron chi connectivity index (χ1n) is 13.1. The summed E-state index contributed by atoms with van der Waals surface area (Å²) in [6, 6.07) is 4.27. The molecular weight excluding hydrogens is 456 g/mol. The van der Waals surface area contributed by atoms with E-state index < -0.39 is 0 Å². The van der Waals surface area contributed by atoms with Gasteiger partial charge in [-0.1, -0.05) is 33.8 Å². The van der Waals surface area contributed by atoms with Gasteiger partial charge in [0, 0.05) is 29.3 Å². The Morgan fingerprint density at radius 3 is 2.74 bits per heavy atom. The van der Waals surface area contributed by atoms with Crippen LogP contribution >= 0.6 is 11.3 Å². The van der Waals surface area contributed by atoms with E-state index in [-0.39, 0.29) is 22.7 Å². The summed E-state index contributed by atoms with van der Waals surface area (Å²) in [6.07, 6.45) is 7.51. The average molecular weight is 495 g/mol. The van der Waals surface area contributed by atoms with Crippen molar-refractivity contribution in [3.8, 4) is 5.75 Å². The quantitative estimate of drug-likeness (QED) is 0.507. The number of nitrogens with zero attached hydrogens (tertiary/aromatic N) is 1. The Bertz CT molecular complexity index is 1160. The monoisotopic (exact) mass is 494 g/mol. The SMILES string of the molecule is Cc1cnc(NC(=O)CCC2CC(=O)C3(C)CCC4c5cc(C(C)(C)C)c(O)cc5CCC4C23)s1. The lowest BCUT2D eigenvalue weighted by Crippen LogP contribution is -2.44. The zero-order valence-corrected chi connectivity index (χ0v) is 22.4. The van der Waals surface area contributed by atoms with Gasteiger partial charge in [-0.2, -0.15) is 0 Å². The molecule has 1 amide bonds. The highest BCUT2D eigenvalue weighted by Gasteiger charge is 2.58. The van der Waals surface area contributed by atoms with Crippen LogP contribution in [-0.2, 0) is 21.4 Å². The fourth-order valence-electron chi connectivity index (χ4n) is 7.44. The van der Waals surface area contributed by atoms with Crippen molar-refractivity contribution in [1.82, 2.24) is 4.98 Å². The minimum Gasteiger partial charge on any atom is -0.508 e. The molecule has 1 heterocycles. The number of fused-ring (bicyclic) bond motifs is 5. The summed E-state index contributed by atoms with van der Waals surface area (Å²) in [5, 5.41) is 14.3. The molecule has 1 aromatic heterocycles. The average Bonchev–Trinajstić information content (AvgIpc) is 3.30. The molecule has 5 rings (SSSR count). The number of hydrogen-bond acceptors (Lipinski definition) is 5. The molecule has 1 aromatic carbocycles. The van der Waals surface area contributed by atoms with E-state index in [1.807, 2.05) is 13.0 Å². The highest BCUT2D eigenvalue weighted by Crippen LogP contribution is 2.62. The largest absolute Gasteiger partial charge is 0.508 e. The molecule has 0 spiro atoms. The van der Waals surface area contributed by atoms with Gasteiger partial charge in [-0.3, -0.25) is 9.59 Å². The molecule has 0 saturated heterocycles. The number of amides is 1. The first-order chi connectivity index (χ1) is 16.5. The van der Waals surface area contributed by atoms with E-state index in [1.165, 1.54) is 22.5 Å². The number of anilines is 1. The second-order valence-corrected chi connectivity index (χ2v) is 13.6. The van der Waals surface area contributed by atoms with E-state index in [9.17, 15) is 14.7 Å². The normalized spacial score (nSPS) is 29.9. The van der Waals surface area contributed by atoms with Crippen molar-refractivity contribution in [2.45, 2.75) is 90.9 Å². The third-order valence-corrected chi connectivity index (χ3v) is 9.93. The molecule has 35 heavy (non-hydrogen) atoms. The van der Waals surface area contributed by atoms with E-state index in [0.29, 0.717) is 47.3 Å². The number of hydrogen-bond donors (Lipinski definition) is 2. The van der Waals surface area contributed by atoms with Gasteiger partial charge < -0.3 is 10.4 Å². The molecule has 0 radical (unpaired) electrons. The summed E-state index contributed by atoms with van der Waals surface area (Å²) in [6.45, 7) is 10.6. The molecule has 188 valence electrons. The predicted octanol–water partition coefficient (Wildman–Crippen LogP) is 6.52. The molecule has 0 bridgehead atoms. The Morgan fingerprint density at radius 1 is 1.29 bits per heavy atom. The minimum atomic E-state index is -0.268. The van der Waals surface area contributed by atoms with Gasteiger partial charge in [0.2, 0.25) is 5.91 Å². The summed E-state index contributed by atoms with van der Waals surface area (Å²) in [5.74, 6) is 2.26. The summed E-state index contributed by atoms with van der Waals surface area (Å²) in [7, 11) is 0. The molecule has 6 heteroatoms. The zero-order valence-electron chi connectivity index (χ0n) is 21.6. The topological polar surface area (TPSA) is 79.3 Å². The van der Waals surface area contributed by atoms with Crippen molar-refractivity contribution >= 4 is 28.2 Å². The van der Waals surface area contributed by atoms with Crippen LogP contribution in [-0.4, -0.2) is 21.8 Å². The van der Waals surface area contributed by atoms with Gasteiger partial charge >= 0.3 is 0 Å². The number of phenolic OH excluding ortho intramolecular Hbond substituents is 1. The van der Waals surface area contributed by atoms with Gasteiger partial charge in [0.05, 0.1) is 0 Å². The van der Waals surface area contributed by atoms with Crippen LogP contribution in [0.3, 0.4) is 0 Å². The molecule has 3 aliphatic rings. The van der Waals surface area contributed by atoms with Crippen LogP contribution in [0.15, 0.2) is 18.3 Å². The summed E-state index contributed by atoms with van der Waals surface area (Å²) >= 11 is 1.49. The molecule has 5 atom stereocenters. The molecule has 2 saturated carbocycles. The van der Waals surface area contributed by atoms with Crippen molar-refractivity contribution in [1.29, 1.82) is 0 Å². The van der Waals surface area contributed by atoms with Gasteiger partial charge in [0.15, 0.2) is 5.13 Å². The van der Waals surface area contributed by atoms with Crippen LogP contribution in [0.2, 0.25) is 0 Å². The Kier molecular flexibility index (Phi) is 6.10. The standard InChI is InChI=1S/C29H38N2O3S/c1-16-15-30-27(35-16)31-25(34)9-7-18-13-24(33)29(5)11-10-19-20(26(18)29)8-6-17-12-23(32)22(14-21(17)19)28(2,3)4/h12,14-15,18-20,26,32H,6-11,13H2,1-5H3,(H,30,31,34). The first-order valence-corrected chi connectivity index (χ1v) is 13.9. The number of carbonyl (C=O) groups excluding carboxylic acids is 2. The van der Waals surface area contributed by atoms with Crippen molar-refractivity contribution in [2.24, 2.45) is 23.2 Å². The van der Waals surface area contributed by atoms with Crippen molar-refractivity contribution in [2.75, 3.05) is 5.32 Å². The maximum absolute atomic E-state index is 13.3. The lowest BCUT2D eigenvalue weighted by atomic mass is 9.53. The van der Waals surface area contributed by atoms with E-state index >= 15 is 0 Å². The van der Waals surface area contributed by atoms with Crippen LogP contribution in [0.5, 0.6) is 5.75 Å². The van der Waals surface area contributed by atoms with Crippen LogP contribution in [0.4, 0.5) is 5.13 Å². The van der Waals surface area contributed by atoms with E-state index in [2.05, 4.69) is 44.1 Å². The zero-order chi connectivity index (χ0) is 25.1. The lowest BCUT2D eigenvalue weighted by Gasteiger charge is -2.50. The van der Waals surface area contributed by atoms with Gasteiger partial charge in [-0.15, -0.1) is 11.3 Å². The number of carbonyl (C=O) groups is 2. The number of rotatable bonds is 4. The van der Waals surface area contributed by atoms with Crippen LogP contribution in [0, 0.1) is 30.1 Å². The van der Waals surface area contributed by atoms with Crippen molar-refractivity contribution < 1.29 is 14.7 Å². The Labute approximate surface area is 212 Å². The fraction of sp³-hybridized carbons (Fsp3) is 0.621. The maximum atomic E-state index is 13.3.